The minimum atomic E-state index is -3.72. The van der Waals surface area contributed by atoms with Gasteiger partial charge in [0.1, 0.15) is 0 Å². The van der Waals surface area contributed by atoms with Crippen LogP contribution >= 0.6 is 12.4 Å². The summed E-state index contributed by atoms with van der Waals surface area (Å²) in [4.78, 5) is 26.2. The van der Waals surface area contributed by atoms with Gasteiger partial charge in [-0.1, -0.05) is 18.2 Å². The second-order valence-electron chi connectivity index (χ2n) is 6.65. The van der Waals surface area contributed by atoms with E-state index in [-0.39, 0.29) is 54.7 Å². The Morgan fingerprint density at radius 1 is 1.25 bits per heavy atom. The summed E-state index contributed by atoms with van der Waals surface area (Å²) >= 11 is 0. The van der Waals surface area contributed by atoms with Gasteiger partial charge in [0, 0.05) is 39.1 Å². The molecule has 1 unspecified atom stereocenters. The number of nitrogens with two attached hydrogens (primary N) is 1. The van der Waals surface area contributed by atoms with Crippen molar-refractivity contribution in [1.29, 1.82) is 0 Å². The van der Waals surface area contributed by atoms with Crippen molar-refractivity contribution >= 4 is 34.2 Å². The number of hydrogen-bond acceptors (Lipinski definition) is 5. The van der Waals surface area contributed by atoms with Crippen LogP contribution in [0, 0.1) is 0 Å². The molecule has 2 rings (SSSR count). The highest BCUT2D eigenvalue weighted by Gasteiger charge is 2.30. The van der Waals surface area contributed by atoms with E-state index in [1.165, 1.54) is 19.2 Å². The molecule has 1 aromatic carbocycles. The molecule has 10 heteroatoms. The van der Waals surface area contributed by atoms with E-state index >= 15 is 0 Å². The van der Waals surface area contributed by atoms with E-state index in [1.54, 1.807) is 23.1 Å². The van der Waals surface area contributed by atoms with Gasteiger partial charge >= 0.3 is 0 Å². The number of amides is 2. The molecule has 0 spiro atoms. The Hall–Kier alpha value is -1.68. The molecule has 0 saturated carbocycles. The molecule has 158 valence electrons. The molecule has 2 amide bonds. The molecule has 8 nitrogen and oxygen atoms in total. The third kappa shape index (κ3) is 6.44. The van der Waals surface area contributed by atoms with Gasteiger partial charge in [-0.3, -0.25) is 9.59 Å². The molecule has 1 aliphatic heterocycles. The Kier molecular flexibility index (Phi) is 9.88. The van der Waals surface area contributed by atoms with E-state index in [0.717, 1.165) is 23.6 Å². The maximum absolute atomic E-state index is 12.8. The summed E-state index contributed by atoms with van der Waals surface area (Å²) < 4.78 is 26.3. The molecular formula is C18H29ClN4O4S. The Morgan fingerprint density at radius 2 is 1.93 bits per heavy atom. The molecule has 1 atom stereocenters. The summed E-state index contributed by atoms with van der Waals surface area (Å²) in [5.74, 6) is -0.394. The van der Waals surface area contributed by atoms with Gasteiger partial charge in [-0.25, -0.2) is 8.42 Å². The van der Waals surface area contributed by atoms with Crippen LogP contribution in [0.4, 0.5) is 0 Å². The van der Waals surface area contributed by atoms with Gasteiger partial charge in [0.05, 0.1) is 11.4 Å². The molecule has 1 fully saturated rings. The Labute approximate surface area is 172 Å². The van der Waals surface area contributed by atoms with E-state index in [2.05, 4.69) is 5.32 Å². The highest BCUT2D eigenvalue weighted by atomic mass is 35.5. The fourth-order valence-electron chi connectivity index (χ4n) is 3.13. The lowest BCUT2D eigenvalue weighted by atomic mass is 10.0. The van der Waals surface area contributed by atoms with E-state index in [9.17, 15) is 18.0 Å². The first-order valence-electron chi connectivity index (χ1n) is 9.14. The summed E-state index contributed by atoms with van der Waals surface area (Å²) in [5.41, 5.74) is 5.37. The summed E-state index contributed by atoms with van der Waals surface area (Å²) in [5, 5.41) is 2.80. The van der Waals surface area contributed by atoms with Crippen LogP contribution in [0.15, 0.2) is 35.2 Å². The highest BCUT2D eigenvalue weighted by Crippen LogP contribution is 2.18. The molecule has 1 aliphatic rings. The molecule has 0 aromatic heterocycles. The van der Waals surface area contributed by atoms with E-state index in [4.69, 9.17) is 5.73 Å². The maximum Gasteiger partial charge on any atom is 0.243 e. The lowest BCUT2D eigenvalue weighted by molar-refractivity contribution is -0.135. The third-order valence-corrected chi connectivity index (χ3v) is 6.48. The average molecular weight is 433 g/mol. The number of nitrogens with zero attached hydrogens (tertiary/aromatic N) is 2. The van der Waals surface area contributed by atoms with Gasteiger partial charge in [0.25, 0.3) is 0 Å². The van der Waals surface area contributed by atoms with Crippen LogP contribution in [-0.2, 0) is 19.6 Å². The lowest BCUT2D eigenvalue weighted by Gasteiger charge is -2.36. The number of likely N-dealkylation sites (tertiary alicyclic amines) is 1. The summed E-state index contributed by atoms with van der Waals surface area (Å²) in [6.45, 7) is 0.973. The Balaban J connectivity index is 0.00000392. The highest BCUT2D eigenvalue weighted by molar-refractivity contribution is 7.89. The predicted molar refractivity (Wildman–Crippen MR) is 110 cm³/mol. The first kappa shape index (κ1) is 24.4. The lowest BCUT2D eigenvalue weighted by Crippen LogP contribution is -2.52. The molecule has 3 N–H and O–H groups in total. The molecule has 0 aliphatic carbocycles. The first-order valence-corrected chi connectivity index (χ1v) is 10.6. The monoisotopic (exact) mass is 432 g/mol. The predicted octanol–water partition coefficient (Wildman–Crippen LogP) is 0.575. The minimum Gasteiger partial charge on any atom is -0.354 e. The van der Waals surface area contributed by atoms with Gasteiger partial charge in [-0.05, 0) is 31.4 Å². The number of nitrogens with one attached hydrogen (secondary N) is 1. The minimum absolute atomic E-state index is 0. The maximum atomic E-state index is 12.8. The molecule has 1 saturated heterocycles. The molecule has 0 radical (unpaired) electrons. The topological polar surface area (TPSA) is 113 Å². The van der Waals surface area contributed by atoms with E-state index in [1.807, 2.05) is 0 Å². The van der Waals surface area contributed by atoms with Crippen LogP contribution in [0.2, 0.25) is 0 Å². The average Bonchev–Trinajstić information content (AvgIpc) is 2.67. The SMILES string of the molecule is CN(CC(=O)N1CCCCC1CNC(=O)CCN)S(=O)(=O)c1ccccc1.Cl. The zero-order valence-electron chi connectivity index (χ0n) is 16.0. The van der Waals surface area contributed by atoms with Gasteiger partial charge in [-0.15, -0.1) is 12.4 Å². The van der Waals surface area contributed by atoms with Crippen molar-refractivity contribution in [3.8, 4) is 0 Å². The smallest absolute Gasteiger partial charge is 0.243 e. The van der Waals surface area contributed by atoms with Crippen LogP contribution in [0.5, 0.6) is 0 Å². The van der Waals surface area contributed by atoms with Crippen molar-refractivity contribution in [3.05, 3.63) is 30.3 Å². The number of sulfonamides is 1. The second-order valence-corrected chi connectivity index (χ2v) is 8.70. The zero-order valence-corrected chi connectivity index (χ0v) is 17.7. The van der Waals surface area contributed by atoms with Crippen molar-refractivity contribution < 1.29 is 18.0 Å². The number of piperidine rings is 1. The van der Waals surface area contributed by atoms with Gasteiger partial charge in [0.15, 0.2) is 0 Å². The van der Waals surface area contributed by atoms with Crippen LogP contribution < -0.4 is 11.1 Å². The Bertz CT molecular complexity index is 745. The van der Waals surface area contributed by atoms with Gasteiger partial charge in [-0.2, -0.15) is 4.31 Å². The molecule has 1 heterocycles. The van der Waals surface area contributed by atoms with Gasteiger partial charge < -0.3 is 16.0 Å². The number of carbonyl (C=O) groups excluding carboxylic acids is 2. The van der Waals surface area contributed by atoms with Crippen molar-refractivity contribution in [3.63, 3.8) is 0 Å². The van der Waals surface area contributed by atoms with Crippen LogP contribution in [0.3, 0.4) is 0 Å². The molecule has 28 heavy (non-hydrogen) atoms. The van der Waals surface area contributed by atoms with Crippen LogP contribution in [0.25, 0.3) is 0 Å². The second kappa shape index (κ2) is 11.4. The normalized spacial score (nSPS) is 17.1. The number of hydrogen-bond donors (Lipinski definition) is 2. The number of benzene rings is 1. The summed E-state index contributed by atoms with van der Waals surface area (Å²) in [6.07, 6.45) is 2.87. The fraction of sp³-hybridized carbons (Fsp3) is 0.556. The fourth-order valence-corrected chi connectivity index (χ4v) is 4.27. The molecule has 1 aromatic rings. The van der Waals surface area contributed by atoms with Crippen molar-refractivity contribution in [2.75, 3.05) is 33.2 Å². The van der Waals surface area contributed by atoms with E-state index < -0.39 is 10.0 Å². The quantitative estimate of drug-likeness (QED) is 0.623. The van der Waals surface area contributed by atoms with Crippen molar-refractivity contribution in [2.45, 2.75) is 36.6 Å². The first-order chi connectivity index (χ1) is 12.9. The number of rotatable bonds is 8. The summed E-state index contributed by atoms with van der Waals surface area (Å²) in [6, 6.07) is 7.92. The number of likely N-dealkylation sites (N-methyl/N-ethyl adjacent to an activating group) is 1. The summed E-state index contributed by atoms with van der Waals surface area (Å²) in [7, 11) is -2.32. The molecular weight excluding hydrogens is 404 g/mol. The van der Waals surface area contributed by atoms with Crippen molar-refractivity contribution in [2.24, 2.45) is 5.73 Å². The van der Waals surface area contributed by atoms with Crippen LogP contribution in [-0.4, -0.2) is 68.7 Å². The third-order valence-electron chi connectivity index (χ3n) is 4.66. The van der Waals surface area contributed by atoms with E-state index in [0.29, 0.717) is 13.1 Å². The molecule has 0 bridgehead atoms. The largest absolute Gasteiger partial charge is 0.354 e. The number of halogens is 1. The Morgan fingerprint density at radius 3 is 2.57 bits per heavy atom. The van der Waals surface area contributed by atoms with Crippen molar-refractivity contribution in [1.82, 2.24) is 14.5 Å². The standard InChI is InChI=1S/C18H28N4O4S.ClH/c1-21(27(25,26)16-8-3-2-4-9-16)14-18(24)22-12-6-5-7-15(22)13-20-17(23)10-11-19;/h2-4,8-9,15H,5-7,10-14,19H2,1H3,(H,20,23);1H. The van der Waals surface area contributed by atoms with Gasteiger partial charge in [0.2, 0.25) is 21.8 Å². The zero-order chi connectivity index (χ0) is 19.9. The van der Waals surface area contributed by atoms with Crippen LogP contribution in [0.1, 0.15) is 25.7 Å². The number of carbonyl (C=O) groups is 2.